The summed E-state index contributed by atoms with van der Waals surface area (Å²) in [5.41, 5.74) is 14.5. The van der Waals surface area contributed by atoms with Crippen LogP contribution in [-0.2, 0) is 0 Å². The van der Waals surface area contributed by atoms with Crippen molar-refractivity contribution in [1.82, 2.24) is 9.88 Å². The fraction of sp³-hybridized carbons (Fsp3) is 0.0189. The Labute approximate surface area is 337 Å². The van der Waals surface area contributed by atoms with Crippen LogP contribution in [-0.4, -0.2) is 16.2 Å². The van der Waals surface area contributed by atoms with Gasteiger partial charge in [0.25, 0.3) is 0 Å². The van der Waals surface area contributed by atoms with Crippen molar-refractivity contribution in [2.45, 2.75) is 6.17 Å². The fourth-order valence-electron chi connectivity index (χ4n) is 8.51. The van der Waals surface area contributed by atoms with E-state index in [4.69, 9.17) is 9.98 Å². The molecule has 0 fully saturated rings. The number of nitrogens with zero attached hydrogens (tertiary/aromatic N) is 4. The van der Waals surface area contributed by atoms with Crippen LogP contribution >= 0.6 is 0 Å². The van der Waals surface area contributed by atoms with Crippen molar-refractivity contribution in [2.24, 2.45) is 9.98 Å². The Balaban J connectivity index is 1.05. The molecule has 3 heterocycles. The highest BCUT2D eigenvalue weighted by Gasteiger charge is 2.25. The average Bonchev–Trinajstić information content (AvgIpc) is 3.55. The van der Waals surface area contributed by atoms with E-state index < -0.39 is 0 Å². The summed E-state index contributed by atoms with van der Waals surface area (Å²) < 4.78 is 2.38. The van der Waals surface area contributed by atoms with Gasteiger partial charge in [-0.3, -0.25) is 0 Å². The normalized spacial score (nSPS) is 14.6. The van der Waals surface area contributed by atoms with E-state index in [1.54, 1.807) is 0 Å². The first-order chi connectivity index (χ1) is 28.8. The fourth-order valence-corrected chi connectivity index (χ4v) is 8.51. The molecule has 1 aromatic heterocycles. The third-order valence-corrected chi connectivity index (χ3v) is 11.2. The molecule has 0 saturated heterocycles. The molecule has 5 nitrogen and oxygen atoms in total. The maximum atomic E-state index is 5.19. The second-order valence-corrected chi connectivity index (χ2v) is 14.7. The summed E-state index contributed by atoms with van der Waals surface area (Å²) in [5.74, 6) is 1.49. The predicted molar refractivity (Wildman–Crippen MR) is 242 cm³/mol. The lowest BCUT2D eigenvalue weighted by Crippen LogP contribution is -2.33. The number of aliphatic imine (C=N–C) groups is 2. The standard InChI is InChI=1S/C53H37N5/c1-4-17-37(18-5-1)51-54-52(38-19-6-2-7-20-38)56-53(55-51)41-21-14-24-43(35-41)58-46-27-12-10-16-36(46)30-31-40-34-39(32-33-47(40)58)44-26-15-29-49-50(44)45-25-11-13-28-48(45)57(49)42-22-8-3-9-23-42/h1-35,51H,(H,54,55,56). The van der Waals surface area contributed by atoms with Crippen LogP contribution in [0.4, 0.5) is 17.1 Å². The van der Waals surface area contributed by atoms with Gasteiger partial charge in [-0.15, -0.1) is 0 Å². The zero-order valence-corrected chi connectivity index (χ0v) is 31.6. The first kappa shape index (κ1) is 33.6. The van der Waals surface area contributed by atoms with Gasteiger partial charge in [0, 0.05) is 33.3 Å². The highest BCUT2D eigenvalue weighted by Crippen LogP contribution is 2.45. The van der Waals surface area contributed by atoms with Crippen molar-refractivity contribution in [3.8, 4) is 16.8 Å². The van der Waals surface area contributed by atoms with Crippen LogP contribution in [0.2, 0.25) is 0 Å². The van der Waals surface area contributed by atoms with Gasteiger partial charge in [-0.05, 0) is 82.4 Å². The van der Waals surface area contributed by atoms with E-state index in [1.165, 1.54) is 32.9 Å². The van der Waals surface area contributed by atoms with Crippen molar-refractivity contribution < 1.29 is 0 Å². The number of hydrogen-bond donors (Lipinski definition) is 1. The zero-order valence-electron chi connectivity index (χ0n) is 31.6. The Morgan fingerprint density at radius 3 is 1.98 bits per heavy atom. The maximum absolute atomic E-state index is 5.19. The molecule has 1 unspecified atom stereocenters. The van der Waals surface area contributed by atoms with Crippen LogP contribution in [0.3, 0.4) is 0 Å². The molecule has 0 saturated carbocycles. The Hall–Kier alpha value is -7.76. The molecule has 5 heteroatoms. The van der Waals surface area contributed by atoms with Gasteiger partial charge in [-0.2, -0.15) is 0 Å². The number of nitrogens with one attached hydrogen (secondary N) is 1. The van der Waals surface area contributed by atoms with Crippen molar-refractivity contribution >= 4 is 62.7 Å². The van der Waals surface area contributed by atoms with Gasteiger partial charge in [0.15, 0.2) is 5.84 Å². The monoisotopic (exact) mass is 743 g/mol. The minimum atomic E-state index is -0.277. The molecular weight excluding hydrogens is 707 g/mol. The number of rotatable bonds is 6. The lowest BCUT2D eigenvalue weighted by atomic mass is 9.96. The molecular formula is C53H37N5. The molecule has 2 aliphatic rings. The molecule has 9 aromatic rings. The topological polar surface area (TPSA) is 44.9 Å². The van der Waals surface area contributed by atoms with E-state index in [-0.39, 0.29) is 6.17 Å². The van der Waals surface area contributed by atoms with E-state index in [0.717, 1.165) is 56.4 Å². The molecule has 2 aliphatic heterocycles. The smallest absolute Gasteiger partial charge is 0.159 e. The summed E-state index contributed by atoms with van der Waals surface area (Å²) in [6.07, 6.45) is 4.22. The lowest BCUT2D eigenvalue weighted by molar-refractivity contribution is 0.674. The number of fused-ring (bicyclic) bond motifs is 5. The third-order valence-electron chi connectivity index (χ3n) is 11.2. The van der Waals surface area contributed by atoms with Crippen LogP contribution in [0, 0.1) is 0 Å². The Morgan fingerprint density at radius 1 is 0.466 bits per heavy atom. The van der Waals surface area contributed by atoms with Crippen LogP contribution in [0.15, 0.2) is 210 Å². The average molecular weight is 744 g/mol. The predicted octanol–water partition coefficient (Wildman–Crippen LogP) is 12.9. The molecule has 0 radical (unpaired) electrons. The van der Waals surface area contributed by atoms with Gasteiger partial charge in [0.05, 0.1) is 22.4 Å². The third kappa shape index (κ3) is 5.80. The second kappa shape index (κ2) is 14.1. The molecule has 1 atom stereocenters. The summed E-state index contributed by atoms with van der Waals surface area (Å²) in [7, 11) is 0. The highest BCUT2D eigenvalue weighted by atomic mass is 15.2. The number of amidine groups is 2. The molecule has 0 aliphatic carbocycles. The van der Waals surface area contributed by atoms with Crippen molar-refractivity contribution in [3.05, 3.63) is 228 Å². The Kier molecular flexibility index (Phi) is 8.14. The molecule has 58 heavy (non-hydrogen) atoms. The molecule has 0 bridgehead atoms. The molecule has 1 N–H and O–H groups in total. The molecule has 0 amide bonds. The summed E-state index contributed by atoms with van der Waals surface area (Å²) in [6, 6.07) is 70.8. The first-order valence-corrected chi connectivity index (χ1v) is 19.7. The molecule has 8 aromatic carbocycles. The maximum Gasteiger partial charge on any atom is 0.159 e. The van der Waals surface area contributed by atoms with Gasteiger partial charge in [-0.1, -0.05) is 158 Å². The molecule has 11 rings (SSSR count). The molecule has 0 spiro atoms. The second-order valence-electron chi connectivity index (χ2n) is 14.7. The van der Waals surface area contributed by atoms with Gasteiger partial charge in [0.2, 0.25) is 0 Å². The highest BCUT2D eigenvalue weighted by molar-refractivity contribution is 6.16. The number of hydrogen-bond acceptors (Lipinski definition) is 4. The van der Waals surface area contributed by atoms with Crippen LogP contribution in [0.25, 0.3) is 50.8 Å². The number of benzene rings is 8. The van der Waals surface area contributed by atoms with Gasteiger partial charge >= 0.3 is 0 Å². The van der Waals surface area contributed by atoms with Crippen LogP contribution in [0.5, 0.6) is 0 Å². The quantitative estimate of drug-likeness (QED) is 0.184. The first-order valence-electron chi connectivity index (χ1n) is 19.7. The van der Waals surface area contributed by atoms with Crippen LogP contribution in [0.1, 0.15) is 34.0 Å². The van der Waals surface area contributed by atoms with E-state index in [0.29, 0.717) is 5.84 Å². The van der Waals surface area contributed by atoms with E-state index in [9.17, 15) is 0 Å². The minimum absolute atomic E-state index is 0.277. The number of para-hydroxylation sites is 3. The number of anilines is 3. The lowest BCUT2D eigenvalue weighted by Gasteiger charge is -2.28. The largest absolute Gasteiger partial charge is 0.344 e. The number of aromatic nitrogens is 1. The van der Waals surface area contributed by atoms with E-state index in [1.807, 2.05) is 24.3 Å². The Morgan fingerprint density at radius 2 is 1.12 bits per heavy atom. The van der Waals surface area contributed by atoms with Gasteiger partial charge < -0.3 is 14.8 Å². The van der Waals surface area contributed by atoms with Crippen LogP contribution < -0.4 is 10.2 Å². The minimum Gasteiger partial charge on any atom is -0.344 e. The molecule has 274 valence electrons. The zero-order chi connectivity index (χ0) is 38.4. The summed E-state index contributed by atoms with van der Waals surface area (Å²) in [6.45, 7) is 0. The van der Waals surface area contributed by atoms with Crippen molar-refractivity contribution in [1.29, 1.82) is 0 Å². The van der Waals surface area contributed by atoms with Gasteiger partial charge in [0.1, 0.15) is 12.0 Å². The summed E-state index contributed by atoms with van der Waals surface area (Å²) >= 11 is 0. The SMILES string of the molecule is C1=Cc2cc(-c3cccc4c3c3ccccc3n4-c3ccccc3)ccc2N(c2cccc(C3=NC(c4ccccc4)NC(c4ccccc4)=N3)c2)c2ccccc21. The summed E-state index contributed by atoms with van der Waals surface area (Å²) in [4.78, 5) is 12.7. The van der Waals surface area contributed by atoms with Crippen molar-refractivity contribution in [3.63, 3.8) is 0 Å². The Bertz CT molecular complexity index is 3090. The van der Waals surface area contributed by atoms with E-state index in [2.05, 4.69) is 203 Å². The van der Waals surface area contributed by atoms with Gasteiger partial charge in [-0.25, -0.2) is 9.98 Å². The van der Waals surface area contributed by atoms with E-state index >= 15 is 0 Å². The van der Waals surface area contributed by atoms with Crippen molar-refractivity contribution in [2.75, 3.05) is 4.90 Å². The summed E-state index contributed by atoms with van der Waals surface area (Å²) in [5, 5.41) is 6.08.